The fraction of sp³-hybridized carbons (Fsp3) is 0.800. The number of aliphatic hydroxyl groups is 1. The van der Waals surface area contributed by atoms with Gasteiger partial charge in [0.25, 0.3) is 0 Å². The fourth-order valence-corrected chi connectivity index (χ4v) is 1.30. The molecule has 1 aliphatic rings. The van der Waals surface area contributed by atoms with Gasteiger partial charge < -0.3 is 14.6 Å². The fourth-order valence-electron chi connectivity index (χ4n) is 1.30. The van der Waals surface area contributed by atoms with Gasteiger partial charge in [0.05, 0.1) is 13.2 Å². The number of rotatable bonds is 5. The maximum atomic E-state index is 8.55. The molecule has 0 aliphatic carbocycles. The summed E-state index contributed by atoms with van der Waals surface area (Å²) in [5.74, 6) is -0.501. The zero-order chi connectivity index (χ0) is 9.57. The third kappa shape index (κ3) is 5.82. The van der Waals surface area contributed by atoms with Crippen LogP contribution in [0.3, 0.4) is 0 Å². The van der Waals surface area contributed by atoms with Gasteiger partial charge in [-0.15, -0.1) is 0 Å². The molecular weight excluding hydrogens is 395 g/mol. The number of hydrogen-bond donors (Lipinski definition) is 1. The minimum absolute atomic E-state index is 0. The van der Waals surface area contributed by atoms with Gasteiger partial charge in [0.15, 0.2) is 5.79 Å². The van der Waals surface area contributed by atoms with Gasteiger partial charge in [-0.2, -0.15) is 0 Å². The van der Waals surface area contributed by atoms with Gasteiger partial charge in [0, 0.05) is 50.7 Å². The Hall–Kier alpha value is 1.06. The first kappa shape index (κ1) is 15.1. The molecule has 0 bridgehead atoms. The van der Waals surface area contributed by atoms with Gasteiger partial charge in [-0.3, -0.25) is 0 Å². The van der Waals surface area contributed by atoms with Crippen molar-refractivity contribution in [2.24, 2.45) is 0 Å². The Morgan fingerprint density at radius 1 is 1.29 bits per heavy atom. The molecule has 14 heavy (non-hydrogen) atoms. The third-order valence-electron chi connectivity index (χ3n) is 2.06. The van der Waals surface area contributed by atoms with E-state index >= 15 is 0 Å². The first-order valence-electron chi connectivity index (χ1n) is 4.83. The molecule has 0 aromatic heterocycles. The molecule has 1 radical (unpaired) electrons. The Morgan fingerprint density at radius 2 is 1.93 bits per heavy atom. The van der Waals surface area contributed by atoms with E-state index in [1.807, 2.05) is 13.0 Å². The zero-order valence-electron chi connectivity index (χ0n) is 8.74. The topological polar surface area (TPSA) is 38.7 Å². The minimum Gasteiger partial charge on any atom is -0.396 e. The second-order valence-corrected chi connectivity index (χ2v) is 3.33. The van der Waals surface area contributed by atoms with Crippen molar-refractivity contribution in [3.05, 3.63) is 12.2 Å². The van der Waals surface area contributed by atoms with E-state index in [4.69, 9.17) is 14.6 Å². The van der Waals surface area contributed by atoms with E-state index in [0.717, 1.165) is 19.3 Å². The van der Waals surface area contributed by atoms with Crippen LogP contribution in [0.4, 0.5) is 0 Å². The summed E-state index contributed by atoms with van der Waals surface area (Å²) in [5.41, 5.74) is 0. The minimum atomic E-state index is -0.501. The Kier molecular flexibility index (Phi) is 8.87. The molecule has 0 saturated carbocycles. The van der Waals surface area contributed by atoms with Crippen LogP contribution in [0.1, 0.15) is 26.2 Å². The molecule has 1 heterocycles. The largest absolute Gasteiger partial charge is 0.396 e. The van der Waals surface area contributed by atoms with Crippen molar-refractivity contribution in [1.29, 1.82) is 0 Å². The Labute approximate surface area is 121 Å². The molecular formula is C10H18AcO3. The average molecular weight is 413 g/mol. The number of ether oxygens (including phenoxy) is 2. The monoisotopic (exact) mass is 413 g/mol. The molecule has 3 nitrogen and oxygen atoms in total. The Morgan fingerprint density at radius 3 is 2.50 bits per heavy atom. The summed E-state index contributed by atoms with van der Waals surface area (Å²) in [6.45, 7) is 3.55. The number of unbranched alkanes of at least 4 members (excludes halogenated alkanes) is 2. The molecule has 1 aliphatic heterocycles. The predicted molar refractivity (Wildman–Crippen MR) is 50.4 cm³/mol. The van der Waals surface area contributed by atoms with Crippen LogP contribution >= 0.6 is 0 Å². The normalized spacial score (nSPS) is 19.9. The summed E-state index contributed by atoms with van der Waals surface area (Å²) in [5, 5.41) is 8.55. The molecule has 1 N–H and O–H groups in total. The van der Waals surface area contributed by atoms with E-state index in [1.165, 1.54) is 0 Å². The van der Waals surface area contributed by atoms with Crippen LogP contribution in [0, 0.1) is 44.1 Å². The number of allylic oxidation sites excluding steroid dienone is 1. The van der Waals surface area contributed by atoms with Crippen molar-refractivity contribution < 1.29 is 58.6 Å². The predicted octanol–water partition coefficient (Wildman–Crippen LogP) is 1.47. The molecule has 0 spiro atoms. The number of aliphatic hydroxyl groups excluding tert-OH is 1. The standard InChI is InChI=1S/C10H18O3.Ac/c1-10(12-8-9-13-10)6-4-2-3-5-7-11;/h4,6,11H,2-3,5,7-9H2,1H3;/b6-4+;. The van der Waals surface area contributed by atoms with Crippen LogP contribution in [0.2, 0.25) is 0 Å². The van der Waals surface area contributed by atoms with Gasteiger partial charge in [-0.05, 0) is 32.3 Å². The van der Waals surface area contributed by atoms with Crippen LogP contribution in [0.5, 0.6) is 0 Å². The van der Waals surface area contributed by atoms with E-state index in [1.54, 1.807) is 0 Å². The maximum Gasteiger partial charge on any atom is 0.185 e. The van der Waals surface area contributed by atoms with Crippen LogP contribution in [0.25, 0.3) is 0 Å². The molecule has 1 saturated heterocycles. The van der Waals surface area contributed by atoms with Crippen LogP contribution in [0.15, 0.2) is 12.2 Å². The van der Waals surface area contributed by atoms with Crippen molar-refractivity contribution in [2.75, 3.05) is 19.8 Å². The van der Waals surface area contributed by atoms with Gasteiger partial charge in [-0.1, -0.05) is 6.08 Å². The molecule has 1 rings (SSSR count). The second kappa shape index (κ2) is 8.24. The molecule has 0 atom stereocenters. The van der Waals surface area contributed by atoms with Crippen molar-refractivity contribution >= 4 is 0 Å². The van der Waals surface area contributed by atoms with Gasteiger partial charge >= 0.3 is 0 Å². The van der Waals surface area contributed by atoms with Gasteiger partial charge in [0.1, 0.15) is 0 Å². The van der Waals surface area contributed by atoms with Gasteiger partial charge in [-0.25, -0.2) is 0 Å². The van der Waals surface area contributed by atoms with E-state index < -0.39 is 5.79 Å². The first-order valence-corrected chi connectivity index (χ1v) is 4.83. The molecule has 1 fully saturated rings. The first-order chi connectivity index (χ1) is 6.27. The van der Waals surface area contributed by atoms with E-state index in [2.05, 4.69) is 6.08 Å². The summed E-state index contributed by atoms with van der Waals surface area (Å²) in [4.78, 5) is 0. The molecule has 79 valence electrons. The molecule has 0 aromatic rings. The van der Waals surface area contributed by atoms with Crippen LogP contribution in [-0.4, -0.2) is 30.7 Å². The summed E-state index contributed by atoms with van der Waals surface area (Å²) in [6, 6.07) is 0. The SMILES string of the molecule is CC1(/C=C/CCCCO)OCCO1.[Ac]. The number of hydrogen-bond acceptors (Lipinski definition) is 3. The van der Waals surface area contributed by atoms with Gasteiger partial charge in [0.2, 0.25) is 0 Å². The molecule has 0 amide bonds. The summed E-state index contributed by atoms with van der Waals surface area (Å²) in [7, 11) is 0. The summed E-state index contributed by atoms with van der Waals surface area (Å²) < 4.78 is 10.8. The smallest absolute Gasteiger partial charge is 0.185 e. The van der Waals surface area contributed by atoms with E-state index in [9.17, 15) is 0 Å². The van der Waals surface area contributed by atoms with Crippen molar-refractivity contribution in [3.8, 4) is 0 Å². The van der Waals surface area contributed by atoms with E-state index in [0.29, 0.717) is 13.2 Å². The molecule has 4 heteroatoms. The molecule has 0 aromatic carbocycles. The Balaban J connectivity index is 0.00000169. The zero-order valence-corrected chi connectivity index (χ0v) is 13.5. The van der Waals surface area contributed by atoms with E-state index in [-0.39, 0.29) is 50.7 Å². The van der Waals surface area contributed by atoms with Crippen molar-refractivity contribution in [1.82, 2.24) is 0 Å². The van der Waals surface area contributed by atoms with Crippen LogP contribution in [-0.2, 0) is 9.47 Å². The molecule has 0 unspecified atom stereocenters. The summed E-state index contributed by atoms with van der Waals surface area (Å²) >= 11 is 0. The average Bonchev–Trinajstić information content (AvgIpc) is 2.53. The second-order valence-electron chi connectivity index (χ2n) is 3.33. The quantitative estimate of drug-likeness (QED) is 0.548. The Bertz CT molecular complexity index is 165. The third-order valence-corrected chi connectivity index (χ3v) is 2.06. The van der Waals surface area contributed by atoms with Crippen molar-refractivity contribution in [3.63, 3.8) is 0 Å². The van der Waals surface area contributed by atoms with Crippen molar-refractivity contribution in [2.45, 2.75) is 32.0 Å². The maximum absolute atomic E-state index is 8.55. The summed E-state index contributed by atoms with van der Waals surface area (Å²) in [6.07, 6.45) is 6.87. The van der Waals surface area contributed by atoms with Crippen LogP contribution < -0.4 is 0 Å².